The Labute approximate surface area is 212 Å². The maximum absolute atomic E-state index is 13.1. The largest absolute Gasteiger partial charge is 0.497 e. The molecular formula is C29H33N3O4. The number of carbonyl (C=O) groups is 2. The molecule has 1 unspecified atom stereocenters. The molecule has 3 amide bonds. The number of hydrogen-bond donors (Lipinski definition) is 1. The molecule has 0 aromatic heterocycles. The predicted octanol–water partition coefficient (Wildman–Crippen LogP) is 5.16. The van der Waals surface area contributed by atoms with E-state index in [-0.39, 0.29) is 17.4 Å². The number of anilines is 1. The van der Waals surface area contributed by atoms with Crippen molar-refractivity contribution in [2.75, 3.05) is 38.6 Å². The summed E-state index contributed by atoms with van der Waals surface area (Å²) in [6.45, 7) is 4.64. The van der Waals surface area contributed by atoms with Gasteiger partial charge in [-0.05, 0) is 67.3 Å². The minimum atomic E-state index is -0.555. The highest BCUT2D eigenvalue weighted by molar-refractivity contribution is 6.01. The van der Waals surface area contributed by atoms with E-state index in [9.17, 15) is 9.59 Å². The first-order valence-corrected chi connectivity index (χ1v) is 12.6. The zero-order valence-corrected chi connectivity index (χ0v) is 20.9. The number of nitrogens with zero attached hydrogens (tertiary/aromatic N) is 2. The Kier molecular flexibility index (Phi) is 6.72. The van der Waals surface area contributed by atoms with Gasteiger partial charge < -0.3 is 24.6 Å². The second-order valence-electron chi connectivity index (χ2n) is 9.89. The van der Waals surface area contributed by atoms with Gasteiger partial charge in [-0.3, -0.25) is 4.79 Å². The number of rotatable bonds is 5. The summed E-state index contributed by atoms with van der Waals surface area (Å²) in [5.74, 6) is 1.41. The first kappa shape index (κ1) is 24.0. The number of methoxy groups -OCH3 is 1. The zero-order chi connectivity index (χ0) is 25.1. The van der Waals surface area contributed by atoms with E-state index in [1.807, 2.05) is 76.5 Å². The Morgan fingerprint density at radius 1 is 0.861 bits per heavy atom. The summed E-state index contributed by atoms with van der Waals surface area (Å²) in [4.78, 5) is 29.9. The molecule has 188 valence electrons. The second-order valence-corrected chi connectivity index (χ2v) is 9.89. The minimum absolute atomic E-state index is 0.0128. The molecule has 0 saturated carbocycles. The molecule has 0 bridgehead atoms. The van der Waals surface area contributed by atoms with Crippen molar-refractivity contribution in [3.05, 3.63) is 66.7 Å². The average molecular weight is 488 g/mol. The quantitative estimate of drug-likeness (QED) is 0.540. The molecule has 1 atom stereocenters. The minimum Gasteiger partial charge on any atom is -0.497 e. The van der Waals surface area contributed by atoms with Gasteiger partial charge in [0.1, 0.15) is 11.5 Å². The molecule has 3 aromatic carbocycles. The molecule has 7 nitrogen and oxygen atoms in total. The number of ether oxygens (including phenoxy) is 2. The number of carbonyl (C=O) groups excluding carboxylic acids is 2. The topological polar surface area (TPSA) is 71.1 Å². The third kappa shape index (κ3) is 4.96. The maximum atomic E-state index is 13.1. The molecule has 1 N–H and O–H groups in total. The Hall–Kier alpha value is -3.74. The van der Waals surface area contributed by atoms with Gasteiger partial charge in [-0.25, -0.2) is 4.79 Å². The summed E-state index contributed by atoms with van der Waals surface area (Å²) in [7, 11) is 1.62. The summed E-state index contributed by atoms with van der Waals surface area (Å²) in [5, 5.41) is 5.25. The van der Waals surface area contributed by atoms with E-state index in [1.165, 1.54) is 0 Å². The van der Waals surface area contributed by atoms with Crippen molar-refractivity contribution >= 4 is 28.4 Å². The van der Waals surface area contributed by atoms with Crippen LogP contribution in [0.5, 0.6) is 11.5 Å². The van der Waals surface area contributed by atoms with Crippen molar-refractivity contribution in [2.24, 2.45) is 5.41 Å². The normalized spacial score (nSPS) is 17.7. The van der Waals surface area contributed by atoms with Crippen LogP contribution in [0, 0.1) is 5.41 Å². The summed E-state index contributed by atoms with van der Waals surface area (Å²) in [6, 6.07) is 21.2. The van der Waals surface area contributed by atoms with Crippen LogP contribution >= 0.6 is 0 Å². The van der Waals surface area contributed by atoms with Crippen LogP contribution in [-0.4, -0.2) is 61.1 Å². The number of benzene rings is 3. The lowest BCUT2D eigenvalue weighted by molar-refractivity contribution is -0.137. The van der Waals surface area contributed by atoms with Crippen molar-refractivity contribution in [1.82, 2.24) is 9.80 Å². The van der Waals surface area contributed by atoms with Gasteiger partial charge in [-0.1, -0.05) is 36.4 Å². The molecule has 2 aliphatic rings. The van der Waals surface area contributed by atoms with Gasteiger partial charge in [0.25, 0.3) is 5.91 Å². The van der Waals surface area contributed by atoms with Crippen molar-refractivity contribution < 1.29 is 19.1 Å². The predicted molar refractivity (Wildman–Crippen MR) is 140 cm³/mol. The molecule has 0 aliphatic carbocycles. The molecule has 1 spiro atoms. The summed E-state index contributed by atoms with van der Waals surface area (Å²) in [6.07, 6.45) is 2.20. The molecule has 3 aromatic rings. The number of nitrogens with one attached hydrogen (secondary N) is 1. The fourth-order valence-corrected chi connectivity index (χ4v) is 5.41. The van der Waals surface area contributed by atoms with Crippen LogP contribution in [-0.2, 0) is 4.79 Å². The van der Waals surface area contributed by atoms with Gasteiger partial charge in [0, 0.05) is 31.6 Å². The highest BCUT2D eigenvalue weighted by Crippen LogP contribution is 2.41. The Balaban J connectivity index is 1.14. The Bertz CT molecular complexity index is 1230. The number of piperidine rings is 1. The highest BCUT2D eigenvalue weighted by atomic mass is 16.5. The maximum Gasteiger partial charge on any atom is 0.321 e. The van der Waals surface area contributed by atoms with Crippen molar-refractivity contribution in [2.45, 2.75) is 32.3 Å². The van der Waals surface area contributed by atoms with E-state index < -0.39 is 6.10 Å². The van der Waals surface area contributed by atoms with E-state index in [4.69, 9.17) is 9.47 Å². The number of amides is 3. The van der Waals surface area contributed by atoms with Gasteiger partial charge in [0.2, 0.25) is 0 Å². The second kappa shape index (κ2) is 10.1. The molecule has 2 saturated heterocycles. The third-order valence-corrected chi connectivity index (χ3v) is 7.61. The Morgan fingerprint density at radius 3 is 2.22 bits per heavy atom. The van der Waals surface area contributed by atoms with Crippen LogP contribution in [0.15, 0.2) is 66.7 Å². The van der Waals surface area contributed by atoms with Crippen LogP contribution in [0.25, 0.3) is 10.8 Å². The average Bonchev–Trinajstić information content (AvgIpc) is 3.32. The molecule has 0 radical (unpaired) electrons. The molecule has 2 heterocycles. The summed E-state index contributed by atoms with van der Waals surface area (Å²) in [5.41, 5.74) is 0.910. The number of urea groups is 1. The smallest absolute Gasteiger partial charge is 0.321 e. The molecule has 36 heavy (non-hydrogen) atoms. The molecule has 7 heteroatoms. The van der Waals surface area contributed by atoms with Crippen molar-refractivity contribution in [1.29, 1.82) is 0 Å². The third-order valence-electron chi connectivity index (χ3n) is 7.61. The van der Waals surface area contributed by atoms with Crippen LogP contribution < -0.4 is 14.8 Å². The van der Waals surface area contributed by atoms with E-state index >= 15 is 0 Å². The van der Waals surface area contributed by atoms with Crippen LogP contribution in [0.1, 0.15) is 26.2 Å². The lowest BCUT2D eigenvalue weighted by Crippen LogP contribution is -2.47. The van der Waals surface area contributed by atoms with Crippen molar-refractivity contribution in [3.8, 4) is 11.5 Å². The van der Waals surface area contributed by atoms with Crippen LogP contribution in [0.4, 0.5) is 10.5 Å². The lowest BCUT2D eigenvalue weighted by atomic mass is 9.78. The molecule has 5 rings (SSSR count). The lowest BCUT2D eigenvalue weighted by Gasteiger charge is -2.39. The molecule has 2 fully saturated rings. The van der Waals surface area contributed by atoms with Gasteiger partial charge in [0.15, 0.2) is 6.10 Å². The highest BCUT2D eigenvalue weighted by Gasteiger charge is 2.43. The number of likely N-dealkylation sites (tertiary alicyclic amines) is 2. The first-order valence-electron chi connectivity index (χ1n) is 12.6. The standard InChI is InChI=1S/C29H33N3O4/c1-21(36-24-12-10-23(35-2)11-13-24)27(33)32-19-16-29(20-32)14-17-31(18-15-29)28(34)30-26-9-5-7-22-6-3-4-8-25(22)26/h3-13,21H,14-20H2,1-2H3,(H,30,34). The van der Waals surface area contributed by atoms with Crippen molar-refractivity contribution in [3.63, 3.8) is 0 Å². The van der Waals surface area contributed by atoms with E-state index in [2.05, 4.69) is 5.32 Å². The number of fused-ring (bicyclic) bond motifs is 1. The monoisotopic (exact) mass is 487 g/mol. The van der Waals surface area contributed by atoms with Crippen LogP contribution in [0.3, 0.4) is 0 Å². The van der Waals surface area contributed by atoms with E-state index in [1.54, 1.807) is 14.0 Å². The van der Waals surface area contributed by atoms with Crippen LogP contribution in [0.2, 0.25) is 0 Å². The molecule has 2 aliphatic heterocycles. The SMILES string of the molecule is COc1ccc(OC(C)C(=O)N2CCC3(CCN(C(=O)Nc4cccc5ccccc45)CC3)C2)cc1. The summed E-state index contributed by atoms with van der Waals surface area (Å²) < 4.78 is 11.1. The van der Waals surface area contributed by atoms with Gasteiger partial charge in [0.05, 0.1) is 12.8 Å². The fourth-order valence-electron chi connectivity index (χ4n) is 5.41. The van der Waals surface area contributed by atoms with E-state index in [0.29, 0.717) is 18.8 Å². The van der Waals surface area contributed by atoms with Gasteiger partial charge in [-0.15, -0.1) is 0 Å². The number of hydrogen-bond acceptors (Lipinski definition) is 4. The Morgan fingerprint density at radius 2 is 1.50 bits per heavy atom. The van der Waals surface area contributed by atoms with Gasteiger partial charge in [-0.2, -0.15) is 0 Å². The zero-order valence-electron chi connectivity index (χ0n) is 20.9. The van der Waals surface area contributed by atoms with E-state index in [0.717, 1.165) is 54.6 Å². The summed E-state index contributed by atoms with van der Waals surface area (Å²) >= 11 is 0. The molecular weight excluding hydrogens is 454 g/mol. The fraction of sp³-hybridized carbons (Fsp3) is 0.379. The van der Waals surface area contributed by atoms with Gasteiger partial charge >= 0.3 is 6.03 Å². The first-order chi connectivity index (χ1) is 17.5.